The molecule has 0 radical (unpaired) electrons. The smallest absolute Gasteiger partial charge is 0.232 e. The van der Waals surface area contributed by atoms with Crippen molar-refractivity contribution in [3.05, 3.63) is 71.2 Å². The van der Waals surface area contributed by atoms with Crippen LogP contribution < -0.4 is 14.8 Å². The van der Waals surface area contributed by atoms with Gasteiger partial charge in [0, 0.05) is 17.8 Å². The Morgan fingerprint density at radius 3 is 2.45 bits per heavy atom. The first-order chi connectivity index (χ1) is 14.0. The maximum Gasteiger partial charge on any atom is 0.232 e. The number of aromatic nitrogens is 2. The molecule has 1 amide bonds. The van der Waals surface area contributed by atoms with Crippen LogP contribution in [0.4, 0.5) is 10.2 Å². The number of amides is 1. The highest BCUT2D eigenvalue weighted by atomic mass is 19.1. The molecule has 0 aliphatic carbocycles. The van der Waals surface area contributed by atoms with Crippen molar-refractivity contribution in [1.29, 1.82) is 0 Å². The minimum absolute atomic E-state index is 0.314. The van der Waals surface area contributed by atoms with Gasteiger partial charge in [-0.25, -0.2) is 4.39 Å². The molecule has 0 aliphatic rings. The lowest BCUT2D eigenvalue weighted by molar-refractivity contribution is -0.117. The van der Waals surface area contributed by atoms with Gasteiger partial charge < -0.3 is 14.8 Å². The number of H-pyrrole nitrogens is 1. The predicted octanol–water partition coefficient (Wildman–Crippen LogP) is 4.09. The molecule has 29 heavy (non-hydrogen) atoms. The molecule has 0 saturated carbocycles. The van der Waals surface area contributed by atoms with Crippen LogP contribution in [0.25, 0.3) is 0 Å². The van der Waals surface area contributed by atoms with E-state index in [1.165, 1.54) is 6.07 Å². The van der Waals surface area contributed by atoms with E-state index in [0.717, 1.165) is 29.2 Å². The van der Waals surface area contributed by atoms with Crippen molar-refractivity contribution in [2.75, 3.05) is 19.5 Å². The van der Waals surface area contributed by atoms with Crippen LogP contribution in [-0.2, 0) is 17.6 Å². The fourth-order valence-electron chi connectivity index (χ4n) is 3.05. The van der Waals surface area contributed by atoms with E-state index in [4.69, 9.17) is 9.47 Å². The standard InChI is InChI=1S/C22H24FN3O3/c1-14(19-6-4-5-7-20(19)23)22(27)24-21-12-16(25-26-21)9-8-15-10-17(28-2)13-18(11-15)29-3/h4-7,10-14H,8-9H2,1-3H3,(H2,24,25,26,27). The number of methoxy groups -OCH3 is 2. The third-order valence-corrected chi connectivity index (χ3v) is 4.74. The molecule has 3 rings (SSSR count). The third-order valence-electron chi connectivity index (χ3n) is 4.74. The van der Waals surface area contributed by atoms with E-state index in [2.05, 4.69) is 15.5 Å². The van der Waals surface area contributed by atoms with Gasteiger partial charge in [0.05, 0.1) is 20.1 Å². The zero-order valence-electron chi connectivity index (χ0n) is 16.7. The Kier molecular flexibility index (Phi) is 6.49. The number of halogens is 1. The molecule has 1 aromatic heterocycles. The van der Waals surface area contributed by atoms with Gasteiger partial charge in [0.25, 0.3) is 0 Å². The molecule has 6 nitrogen and oxygen atoms in total. The highest BCUT2D eigenvalue weighted by molar-refractivity contribution is 5.94. The average molecular weight is 397 g/mol. The molecule has 0 saturated heterocycles. The second-order valence-corrected chi connectivity index (χ2v) is 6.73. The normalized spacial score (nSPS) is 11.7. The molecule has 152 valence electrons. The fourth-order valence-corrected chi connectivity index (χ4v) is 3.05. The quantitative estimate of drug-likeness (QED) is 0.600. The van der Waals surface area contributed by atoms with Gasteiger partial charge >= 0.3 is 0 Å². The topological polar surface area (TPSA) is 76.2 Å². The Morgan fingerprint density at radius 2 is 1.79 bits per heavy atom. The van der Waals surface area contributed by atoms with Crippen molar-refractivity contribution in [2.45, 2.75) is 25.7 Å². The summed E-state index contributed by atoms with van der Waals surface area (Å²) >= 11 is 0. The van der Waals surface area contributed by atoms with E-state index in [0.29, 0.717) is 17.8 Å². The van der Waals surface area contributed by atoms with Gasteiger partial charge in [-0.15, -0.1) is 0 Å². The van der Waals surface area contributed by atoms with Crippen LogP contribution in [0.1, 0.15) is 29.7 Å². The molecule has 3 aromatic rings. The Balaban J connectivity index is 1.61. The van der Waals surface area contributed by atoms with Crippen molar-refractivity contribution in [2.24, 2.45) is 0 Å². The lowest BCUT2D eigenvalue weighted by Gasteiger charge is -2.11. The van der Waals surface area contributed by atoms with Crippen molar-refractivity contribution >= 4 is 11.7 Å². The second kappa shape index (κ2) is 9.23. The maximum atomic E-state index is 13.9. The number of benzene rings is 2. The van der Waals surface area contributed by atoms with Gasteiger partial charge in [0.2, 0.25) is 5.91 Å². The van der Waals surface area contributed by atoms with E-state index in [9.17, 15) is 9.18 Å². The van der Waals surface area contributed by atoms with E-state index >= 15 is 0 Å². The number of rotatable bonds is 8. The Hall–Kier alpha value is -3.35. The van der Waals surface area contributed by atoms with Gasteiger partial charge in [-0.3, -0.25) is 9.89 Å². The molecule has 1 unspecified atom stereocenters. The van der Waals surface area contributed by atoms with Gasteiger partial charge in [-0.1, -0.05) is 18.2 Å². The first-order valence-electron chi connectivity index (χ1n) is 9.31. The number of aromatic amines is 1. The second-order valence-electron chi connectivity index (χ2n) is 6.73. The number of nitrogens with zero attached hydrogens (tertiary/aromatic N) is 1. The fraction of sp³-hybridized carbons (Fsp3) is 0.273. The molecule has 2 aromatic carbocycles. The van der Waals surface area contributed by atoms with Crippen LogP contribution >= 0.6 is 0 Å². The summed E-state index contributed by atoms with van der Waals surface area (Å²) in [6.07, 6.45) is 1.44. The van der Waals surface area contributed by atoms with Crippen molar-refractivity contribution < 1.29 is 18.7 Å². The number of aryl methyl sites for hydroxylation is 2. The van der Waals surface area contributed by atoms with Crippen molar-refractivity contribution in [3.8, 4) is 11.5 Å². The van der Waals surface area contributed by atoms with Gasteiger partial charge in [-0.2, -0.15) is 5.10 Å². The molecular formula is C22H24FN3O3. The van der Waals surface area contributed by atoms with Crippen LogP contribution in [0.15, 0.2) is 48.5 Å². The van der Waals surface area contributed by atoms with Crippen LogP contribution in [0.2, 0.25) is 0 Å². The number of ether oxygens (including phenoxy) is 2. The van der Waals surface area contributed by atoms with Gasteiger partial charge in [0.1, 0.15) is 17.3 Å². The first kappa shape index (κ1) is 20.4. The van der Waals surface area contributed by atoms with Gasteiger partial charge in [-0.05, 0) is 49.1 Å². The lowest BCUT2D eigenvalue weighted by atomic mass is 10.00. The summed E-state index contributed by atoms with van der Waals surface area (Å²) in [4.78, 5) is 12.4. The number of hydrogen-bond donors (Lipinski definition) is 2. The van der Waals surface area contributed by atoms with E-state index < -0.39 is 11.7 Å². The Morgan fingerprint density at radius 1 is 1.10 bits per heavy atom. The summed E-state index contributed by atoms with van der Waals surface area (Å²) in [6, 6.07) is 13.8. The average Bonchev–Trinajstić information content (AvgIpc) is 3.19. The van der Waals surface area contributed by atoms with Crippen LogP contribution in [0, 0.1) is 5.82 Å². The molecule has 0 bridgehead atoms. The zero-order chi connectivity index (χ0) is 20.8. The number of nitrogens with one attached hydrogen (secondary N) is 2. The summed E-state index contributed by atoms with van der Waals surface area (Å²) in [5.74, 6) is 0.548. The summed E-state index contributed by atoms with van der Waals surface area (Å²) in [5, 5.41) is 9.80. The highest BCUT2D eigenvalue weighted by Crippen LogP contribution is 2.24. The first-order valence-corrected chi connectivity index (χ1v) is 9.31. The lowest BCUT2D eigenvalue weighted by Crippen LogP contribution is -2.19. The van der Waals surface area contributed by atoms with Crippen molar-refractivity contribution in [3.63, 3.8) is 0 Å². The third kappa shape index (κ3) is 5.13. The van der Waals surface area contributed by atoms with E-state index in [-0.39, 0.29) is 5.91 Å². The van der Waals surface area contributed by atoms with Crippen molar-refractivity contribution in [1.82, 2.24) is 10.2 Å². The number of carbonyl (C=O) groups is 1. The number of carbonyl (C=O) groups excluding carboxylic acids is 1. The van der Waals surface area contributed by atoms with Gasteiger partial charge in [0.15, 0.2) is 5.82 Å². The molecule has 0 fully saturated rings. The summed E-state index contributed by atoms with van der Waals surface area (Å²) in [6.45, 7) is 1.66. The summed E-state index contributed by atoms with van der Waals surface area (Å²) in [7, 11) is 3.23. The Bertz CT molecular complexity index is 965. The SMILES string of the molecule is COc1cc(CCc2cc(NC(=O)C(C)c3ccccc3F)n[nH]2)cc(OC)c1. The predicted molar refractivity (Wildman–Crippen MR) is 109 cm³/mol. The van der Waals surface area contributed by atoms with Crippen LogP contribution in [0.3, 0.4) is 0 Å². The molecule has 1 heterocycles. The molecule has 2 N–H and O–H groups in total. The minimum Gasteiger partial charge on any atom is -0.497 e. The monoisotopic (exact) mass is 397 g/mol. The highest BCUT2D eigenvalue weighted by Gasteiger charge is 2.19. The number of anilines is 1. The molecule has 1 atom stereocenters. The van der Waals surface area contributed by atoms with E-state index in [1.54, 1.807) is 45.4 Å². The van der Waals surface area contributed by atoms with Crippen LogP contribution in [0.5, 0.6) is 11.5 Å². The zero-order valence-corrected chi connectivity index (χ0v) is 16.7. The van der Waals surface area contributed by atoms with E-state index in [1.807, 2.05) is 18.2 Å². The Labute approximate surface area is 169 Å². The molecule has 0 aliphatic heterocycles. The molecule has 7 heteroatoms. The molecular weight excluding hydrogens is 373 g/mol. The summed E-state index contributed by atoms with van der Waals surface area (Å²) < 4.78 is 24.5. The molecule has 0 spiro atoms. The summed E-state index contributed by atoms with van der Waals surface area (Å²) in [5.41, 5.74) is 2.29. The largest absolute Gasteiger partial charge is 0.497 e. The maximum absolute atomic E-state index is 13.9. The minimum atomic E-state index is -0.624. The number of hydrogen-bond acceptors (Lipinski definition) is 4. The van der Waals surface area contributed by atoms with Crippen LogP contribution in [-0.4, -0.2) is 30.3 Å².